The van der Waals surface area contributed by atoms with Gasteiger partial charge in [-0.25, -0.2) is 9.37 Å². The van der Waals surface area contributed by atoms with Gasteiger partial charge in [-0.15, -0.1) is 5.10 Å². The molecule has 1 aromatic carbocycles. The molecule has 0 fully saturated rings. The topological polar surface area (TPSA) is 137 Å². The molecule has 1 amide bonds. The number of aryl methyl sites for hydroxylation is 1. The van der Waals surface area contributed by atoms with E-state index in [2.05, 4.69) is 36.1 Å². The van der Waals surface area contributed by atoms with Crippen molar-refractivity contribution in [2.24, 2.45) is 5.73 Å². The molecule has 128 valence electrons. The van der Waals surface area contributed by atoms with Crippen LogP contribution in [-0.2, 0) is 0 Å². The van der Waals surface area contributed by atoms with Gasteiger partial charge >= 0.3 is 0 Å². The Bertz CT molecular complexity index is 940. The maximum Gasteiger partial charge on any atom is 0.254 e. The molecule has 25 heavy (non-hydrogen) atoms. The van der Waals surface area contributed by atoms with Crippen molar-refractivity contribution in [3.8, 4) is 5.69 Å². The number of carbonyl (C=O) groups is 1. The van der Waals surface area contributed by atoms with E-state index in [-0.39, 0.29) is 23.0 Å². The number of nitrogens with two attached hydrogens (primary N) is 1. The number of nitrogens with zero attached hydrogens (tertiary/aromatic N) is 6. The Morgan fingerprint density at radius 1 is 1.36 bits per heavy atom. The molecule has 0 aliphatic heterocycles. The SMILES string of the molecule is CNc1nc(Nc2cc(-n3nnnc3C)ccc2F)ncc1C(N)=O. The summed E-state index contributed by atoms with van der Waals surface area (Å²) in [7, 11) is 1.58. The molecule has 0 aliphatic carbocycles. The van der Waals surface area contributed by atoms with Crippen LogP contribution in [-0.4, -0.2) is 43.1 Å². The number of nitrogens with one attached hydrogen (secondary N) is 2. The van der Waals surface area contributed by atoms with Gasteiger partial charge < -0.3 is 16.4 Å². The average Bonchev–Trinajstić information content (AvgIpc) is 3.02. The molecule has 3 aromatic rings. The summed E-state index contributed by atoms with van der Waals surface area (Å²) in [6.45, 7) is 1.72. The zero-order chi connectivity index (χ0) is 18.0. The highest BCUT2D eigenvalue weighted by atomic mass is 19.1. The van der Waals surface area contributed by atoms with E-state index in [1.807, 2.05) is 0 Å². The number of hydrogen-bond acceptors (Lipinski definition) is 8. The third-order valence-electron chi connectivity index (χ3n) is 3.36. The minimum absolute atomic E-state index is 0.0961. The minimum Gasteiger partial charge on any atom is -0.372 e. The maximum absolute atomic E-state index is 14.1. The summed E-state index contributed by atoms with van der Waals surface area (Å²) in [5, 5.41) is 16.7. The predicted octanol–water partition coefficient (Wildman–Crippen LogP) is 0.784. The smallest absolute Gasteiger partial charge is 0.254 e. The van der Waals surface area contributed by atoms with Crippen molar-refractivity contribution in [3.05, 3.63) is 41.6 Å². The molecule has 0 unspecified atom stereocenters. The molecule has 3 rings (SSSR count). The van der Waals surface area contributed by atoms with Gasteiger partial charge in [0.1, 0.15) is 11.6 Å². The standard InChI is InChI=1S/C14H14FN9O/c1-7-21-22-23-24(7)8-3-4-10(15)11(5-8)19-14-18-6-9(12(16)25)13(17-2)20-14/h3-6H,1-2H3,(H2,16,25)(H2,17,18,19,20). The largest absolute Gasteiger partial charge is 0.372 e. The maximum atomic E-state index is 14.1. The highest BCUT2D eigenvalue weighted by Crippen LogP contribution is 2.22. The van der Waals surface area contributed by atoms with Crippen LogP contribution in [0.5, 0.6) is 0 Å². The van der Waals surface area contributed by atoms with E-state index in [1.54, 1.807) is 20.0 Å². The second kappa shape index (κ2) is 6.47. The summed E-state index contributed by atoms with van der Waals surface area (Å²) in [4.78, 5) is 19.4. The molecule has 0 saturated carbocycles. The summed E-state index contributed by atoms with van der Waals surface area (Å²) < 4.78 is 15.6. The van der Waals surface area contributed by atoms with Crippen LogP contribution < -0.4 is 16.4 Å². The molecule has 2 heterocycles. The number of halogens is 1. The van der Waals surface area contributed by atoms with Crippen molar-refractivity contribution in [2.75, 3.05) is 17.7 Å². The van der Waals surface area contributed by atoms with Gasteiger partial charge in [0.25, 0.3) is 5.91 Å². The first kappa shape index (κ1) is 16.2. The van der Waals surface area contributed by atoms with Crippen LogP contribution in [0, 0.1) is 12.7 Å². The van der Waals surface area contributed by atoms with Gasteiger partial charge in [0.05, 0.1) is 16.9 Å². The number of amides is 1. The van der Waals surface area contributed by atoms with E-state index >= 15 is 0 Å². The van der Waals surface area contributed by atoms with E-state index in [9.17, 15) is 9.18 Å². The Morgan fingerprint density at radius 2 is 2.16 bits per heavy atom. The predicted molar refractivity (Wildman–Crippen MR) is 87.2 cm³/mol. The van der Waals surface area contributed by atoms with Gasteiger partial charge in [0.15, 0.2) is 5.82 Å². The lowest BCUT2D eigenvalue weighted by Crippen LogP contribution is -2.15. The summed E-state index contributed by atoms with van der Waals surface area (Å²) in [5.74, 6) is -0.296. The van der Waals surface area contributed by atoms with Crippen molar-refractivity contribution in [1.82, 2.24) is 30.2 Å². The molecular formula is C14H14FN9O. The van der Waals surface area contributed by atoms with Crippen LogP contribution in [0.3, 0.4) is 0 Å². The van der Waals surface area contributed by atoms with Crippen LogP contribution in [0.1, 0.15) is 16.2 Å². The minimum atomic E-state index is -0.668. The number of anilines is 3. The average molecular weight is 343 g/mol. The van der Waals surface area contributed by atoms with E-state index in [0.717, 1.165) is 0 Å². The van der Waals surface area contributed by atoms with Crippen molar-refractivity contribution in [1.29, 1.82) is 0 Å². The third-order valence-corrected chi connectivity index (χ3v) is 3.36. The van der Waals surface area contributed by atoms with E-state index in [1.165, 1.54) is 23.0 Å². The molecule has 4 N–H and O–H groups in total. The number of aromatic nitrogens is 6. The van der Waals surface area contributed by atoms with Crippen LogP contribution in [0.4, 0.5) is 21.8 Å². The zero-order valence-electron chi connectivity index (χ0n) is 13.4. The Hall–Kier alpha value is -3.63. The van der Waals surface area contributed by atoms with Gasteiger partial charge in [-0.05, 0) is 35.5 Å². The summed E-state index contributed by atoms with van der Waals surface area (Å²) in [6.07, 6.45) is 1.26. The number of carbonyl (C=O) groups excluding carboxylic acids is 1. The lowest BCUT2D eigenvalue weighted by Gasteiger charge is -2.11. The van der Waals surface area contributed by atoms with Crippen LogP contribution in [0.15, 0.2) is 24.4 Å². The molecule has 0 saturated heterocycles. The molecule has 0 aliphatic rings. The molecule has 0 spiro atoms. The van der Waals surface area contributed by atoms with Gasteiger partial charge in [0, 0.05) is 13.2 Å². The first-order valence-corrected chi connectivity index (χ1v) is 7.16. The highest BCUT2D eigenvalue weighted by molar-refractivity contribution is 5.97. The Labute approximate surface area is 141 Å². The van der Waals surface area contributed by atoms with Crippen molar-refractivity contribution < 1.29 is 9.18 Å². The zero-order valence-corrected chi connectivity index (χ0v) is 13.4. The first-order chi connectivity index (χ1) is 12.0. The molecule has 0 bridgehead atoms. The van der Waals surface area contributed by atoms with Crippen molar-refractivity contribution in [2.45, 2.75) is 6.92 Å². The second-order valence-corrected chi connectivity index (χ2v) is 5.00. The van der Waals surface area contributed by atoms with E-state index in [0.29, 0.717) is 11.5 Å². The van der Waals surface area contributed by atoms with Crippen LogP contribution >= 0.6 is 0 Å². The van der Waals surface area contributed by atoms with Gasteiger partial charge in [-0.1, -0.05) is 0 Å². The fourth-order valence-corrected chi connectivity index (χ4v) is 2.14. The molecule has 2 aromatic heterocycles. The first-order valence-electron chi connectivity index (χ1n) is 7.16. The fraction of sp³-hybridized carbons (Fsp3) is 0.143. The second-order valence-electron chi connectivity index (χ2n) is 5.00. The van der Waals surface area contributed by atoms with Crippen molar-refractivity contribution in [3.63, 3.8) is 0 Å². The Kier molecular flexibility index (Phi) is 4.20. The number of rotatable bonds is 5. The normalized spacial score (nSPS) is 10.5. The number of tetrazole rings is 1. The summed E-state index contributed by atoms with van der Waals surface area (Å²) in [5.41, 5.74) is 6.07. The molecular weight excluding hydrogens is 329 g/mol. The molecule has 11 heteroatoms. The lowest BCUT2D eigenvalue weighted by molar-refractivity contribution is 0.100. The van der Waals surface area contributed by atoms with Crippen molar-refractivity contribution >= 4 is 23.4 Å². The molecule has 0 radical (unpaired) electrons. The molecule has 10 nitrogen and oxygen atoms in total. The van der Waals surface area contributed by atoms with Gasteiger partial charge in [-0.3, -0.25) is 4.79 Å². The van der Waals surface area contributed by atoms with Gasteiger partial charge in [-0.2, -0.15) is 9.67 Å². The fourth-order valence-electron chi connectivity index (χ4n) is 2.14. The quantitative estimate of drug-likeness (QED) is 0.618. The number of benzene rings is 1. The highest BCUT2D eigenvalue weighted by Gasteiger charge is 2.13. The monoisotopic (exact) mass is 343 g/mol. The number of hydrogen-bond donors (Lipinski definition) is 3. The lowest BCUT2D eigenvalue weighted by atomic mass is 10.2. The van der Waals surface area contributed by atoms with Crippen LogP contribution in [0.2, 0.25) is 0 Å². The van der Waals surface area contributed by atoms with Crippen LogP contribution in [0.25, 0.3) is 5.69 Å². The third kappa shape index (κ3) is 3.20. The van der Waals surface area contributed by atoms with Gasteiger partial charge in [0.2, 0.25) is 5.95 Å². The Morgan fingerprint density at radius 3 is 2.80 bits per heavy atom. The van der Waals surface area contributed by atoms with E-state index in [4.69, 9.17) is 5.73 Å². The summed E-state index contributed by atoms with van der Waals surface area (Å²) in [6, 6.07) is 4.33. The van der Waals surface area contributed by atoms with E-state index < -0.39 is 11.7 Å². The molecule has 0 atom stereocenters. The number of primary amides is 1. The Balaban J connectivity index is 1.95. The summed E-state index contributed by atoms with van der Waals surface area (Å²) >= 11 is 0.